The predicted molar refractivity (Wildman–Crippen MR) is 35.2 cm³/mol. The molecule has 0 aromatic rings. The molecule has 1 heterocycles. The van der Waals surface area contributed by atoms with Gasteiger partial charge in [-0.1, -0.05) is 19.6 Å². The van der Waals surface area contributed by atoms with Crippen LogP contribution in [0.4, 0.5) is 0 Å². The van der Waals surface area contributed by atoms with Gasteiger partial charge in [-0.2, -0.15) is 0 Å². The SMILES string of the molecule is C=C1NC=CCC1C. The van der Waals surface area contributed by atoms with E-state index in [1.165, 1.54) is 0 Å². The highest BCUT2D eigenvalue weighted by molar-refractivity contribution is 5.07. The summed E-state index contributed by atoms with van der Waals surface area (Å²) in [6.45, 7) is 6.00. The fourth-order valence-electron chi connectivity index (χ4n) is 0.723. The maximum Gasteiger partial charge on any atom is 0.0105 e. The second-order valence-electron chi connectivity index (χ2n) is 2.21. The van der Waals surface area contributed by atoms with E-state index in [9.17, 15) is 0 Å². The van der Waals surface area contributed by atoms with Crippen LogP contribution in [0.1, 0.15) is 13.3 Å². The lowest BCUT2D eigenvalue weighted by Crippen LogP contribution is -2.15. The lowest BCUT2D eigenvalue weighted by atomic mass is 10.0. The number of nitrogens with one attached hydrogen (secondary N) is 1. The summed E-state index contributed by atoms with van der Waals surface area (Å²) in [6, 6.07) is 0. The molecular formula is C7H11N. The molecule has 8 heavy (non-hydrogen) atoms. The van der Waals surface area contributed by atoms with Crippen molar-refractivity contribution in [2.75, 3.05) is 0 Å². The molecule has 0 radical (unpaired) electrons. The Morgan fingerprint density at radius 1 is 1.88 bits per heavy atom. The molecule has 0 bridgehead atoms. The van der Waals surface area contributed by atoms with Crippen LogP contribution in [0.5, 0.6) is 0 Å². The van der Waals surface area contributed by atoms with Crippen LogP contribution in [0, 0.1) is 5.92 Å². The van der Waals surface area contributed by atoms with E-state index in [0.717, 1.165) is 12.1 Å². The smallest absolute Gasteiger partial charge is 0.0105 e. The van der Waals surface area contributed by atoms with Gasteiger partial charge in [0.05, 0.1) is 0 Å². The van der Waals surface area contributed by atoms with Crippen molar-refractivity contribution >= 4 is 0 Å². The van der Waals surface area contributed by atoms with Crippen LogP contribution in [0.3, 0.4) is 0 Å². The highest BCUT2D eigenvalue weighted by Crippen LogP contribution is 2.13. The molecule has 44 valence electrons. The normalized spacial score (nSPS) is 27.6. The summed E-state index contributed by atoms with van der Waals surface area (Å²) >= 11 is 0. The molecule has 1 unspecified atom stereocenters. The van der Waals surface area contributed by atoms with Gasteiger partial charge in [0, 0.05) is 5.70 Å². The first kappa shape index (κ1) is 5.42. The first-order valence-corrected chi connectivity index (χ1v) is 2.91. The zero-order chi connectivity index (χ0) is 5.98. The Hall–Kier alpha value is -0.720. The summed E-state index contributed by atoms with van der Waals surface area (Å²) in [4.78, 5) is 0. The van der Waals surface area contributed by atoms with Gasteiger partial charge in [0.25, 0.3) is 0 Å². The molecule has 1 N–H and O–H groups in total. The average Bonchev–Trinajstić information content (AvgIpc) is 1.77. The van der Waals surface area contributed by atoms with E-state index in [-0.39, 0.29) is 0 Å². The van der Waals surface area contributed by atoms with E-state index in [2.05, 4.69) is 24.9 Å². The minimum Gasteiger partial charge on any atom is -0.366 e. The summed E-state index contributed by atoms with van der Waals surface area (Å²) in [5.74, 6) is 0.611. The molecule has 1 atom stereocenters. The van der Waals surface area contributed by atoms with Crippen LogP contribution in [0.25, 0.3) is 0 Å². The summed E-state index contributed by atoms with van der Waals surface area (Å²) in [7, 11) is 0. The third-order valence-electron chi connectivity index (χ3n) is 1.47. The zero-order valence-corrected chi connectivity index (χ0v) is 5.15. The van der Waals surface area contributed by atoms with Crippen molar-refractivity contribution < 1.29 is 0 Å². The van der Waals surface area contributed by atoms with E-state index >= 15 is 0 Å². The number of allylic oxidation sites excluding steroid dienone is 2. The lowest BCUT2D eigenvalue weighted by Gasteiger charge is -2.16. The highest BCUT2D eigenvalue weighted by atomic mass is 14.9. The van der Waals surface area contributed by atoms with E-state index < -0.39 is 0 Å². The Labute approximate surface area is 50.1 Å². The first-order chi connectivity index (χ1) is 3.80. The van der Waals surface area contributed by atoms with E-state index in [0.29, 0.717) is 5.92 Å². The van der Waals surface area contributed by atoms with Gasteiger partial charge in [-0.05, 0) is 18.5 Å². The molecule has 0 saturated carbocycles. The van der Waals surface area contributed by atoms with Gasteiger partial charge in [0.2, 0.25) is 0 Å². The van der Waals surface area contributed by atoms with Crippen molar-refractivity contribution in [3.8, 4) is 0 Å². The van der Waals surface area contributed by atoms with Crippen molar-refractivity contribution in [1.82, 2.24) is 5.32 Å². The molecule has 1 aliphatic rings. The van der Waals surface area contributed by atoms with Crippen LogP contribution in [0.15, 0.2) is 24.6 Å². The Kier molecular flexibility index (Phi) is 1.38. The van der Waals surface area contributed by atoms with Crippen molar-refractivity contribution in [3.63, 3.8) is 0 Å². The van der Waals surface area contributed by atoms with Crippen LogP contribution in [-0.2, 0) is 0 Å². The maximum absolute atomic E-state index is 3.83. The van der Waals surface area contributed by atoms with E-state index in [1.54, 1.807) is 0 Å². The van der Waals surface area contributed by atoms with Crippen molar-refractivity contribution in [3.05, 3.63) is 24.6 Å². The van der Waals surface area contributed by atoms with Gasteiger partial charge < -0.3 is 5.32 Å². The molecule has 0 amide bonds. The molecular weight excluding hydrogens is 98.1 g/mol. The van der Waals surface area contributed by atoms with E-state index in [4.69, 9.17) is 0 Å². The standard InChI is InChI=1S/C7H11N/c1-6-4-3-5-8-7(6)2/h3,5-6,8H,2,4H2,1H3. The highest BCUT2D eigenvalue weighted by Gasteiger charge is 2.05. The van der Waals surface area contributed by atoms with Crippen molar-refractivity contribution in [2.24, 2.45) is 5.92 Å². The second kappa shape index (κ2) is 2.03. The third-order valence-corrected chi connectivity index (χ3v) is 1.47. The van der Waals surface area contributed by atoms with Crippen LogP contribution in [0.2, 0.25) is 0 Å². The van der Waals surface area contributed by atoms with Gasteiger partial charge in [-0.25, -0.2) is 0 Å². The molecule has 0 fully saturated rings. The Bertz CT molecular complexity index is 124. The lowest BCUT2D eigenvalue weighted by molar-refractivity contribution is 0.633. The third kappa shape index (κ3) is 0.915. The quantitative estimate of drug-likeness (QED) is 0.498. The van der Waals surface area contributed by atoms with Gasteiger partial charge in [0.15, 0.2) is 0 Å². The topological polar surface area (TPSA) is 12.0 Å². The molecule has 0 spiro atoms. The van der Waals surface area contributed by atoms with Gasteiger partial charge >= 0.3 is 0 Å². The molecule has 1 aliphatic heterocycles. The first-order valence-electron chi connectivity index (χ1n) is 2.91. The molecule has 0 aromatic carbocycles. The van der Waals surface area contributed by atoms with Crippen molar-refractivity contribution in [2.45, 2.75) is 13.3 Å². The summed E-state index contributed by atoms with van der Waals surface area (Å²) in [6.07, 6.45) is 5.20. The minimum atomic E-state index is 0.611. The molecule has 0 saturated heterocycles. The van der Waals surface area contributed by atoms with Gasteiger partial charge in [-0.15, -0.1) is 0 Å². The second-order valence-corrected chi connectivity index (χ2v) is 2.21. The maximum atomic E-state index is 3.83. The monoisotopic (exact) mass is 109 g/mol. The van der Waals surface area contributed by atoms with E-state index in [1.807, 2.05) is 6.20 Å². The Morgan fingerprint density at radius 3 is 3.00 bits per heavy atom. The van der Waals surface area contributed by atoms with Gasteiger partial charge in [0.1, 0.15) is 0 Å². The van der Waals surface area contributed by atoms with Crippen LogP contribution >= 0.6 is 0 Å². The van der Waals surface area contributed by atoms with Gasteiger partial charge in [-0.3, -0.25) is 0 Å². The number of hydrogen-bond donors (Lipinski definition) is 1. The molecule has 0 aliphatic carbocycles. The Balaban J connectivity index is 2.57. The summed E-state index contributed by atoms with van der Waals surface area (Å²) in [5, 5.41) is 3.06. The zero-order valence-electron chi connectivity index (χ0n) is 5.15. The van der Waals surface area contributed by atoms with Crippen LogP contribution < -0.4 is 5.32 Å². The molecule has 1 nitrogen and oxygen atoms in total. The summed E-state index contributed by atoms with van der Waals surface area (Å²) < 4.78 is 0. The largest absolute Gasteiger partial charge is 0.366 e. The van der Waals surface area contributed by atoms with Crippen LogP contribution in [-0.4, -0.2) is 0 Å². The molecule has 0 aromatic heterocycles. The minimum absolute atomic E-state index is 0.611. The fourth-order valence-corrected chi connectivity index (χ4v) is 0.723. The fraction of sp³-hybridized carbons (Fsp3) is 0.429. The number of hydrogen-bond acceptors (Lipinski definition) is 1. The molecule has 1 rings (SSSR count). The number of rotatable bonds is 0. The summed E-state index contributed by atoms with van der Waals surface area (Å²) in [5.41, 5.74) is 1.13. The van der Waals surface area contributed by atoms with Crippen molar-refractivity contribution in [1.29, 1.82) is 0 Å². The molecule has 1 heteroatoms. The predicted octanol–water partition coefficient (Wildman–Crippen LogP) is 1.64. The average molecular weight is 109 g/mol. The Morgan fingerprint density at radius 2 is 2.62 bits per heavy atom.